The zero-order valence-corrected chi connectivity index (χ0v) is 21.3. The quantitative estimate of drug-likeness (QED) is 0.230. The summed E-state index contributed by atoms with van der Waals surface area (Å²) in [5, 5.41) is 11.9. The lowest BCUT2D eigenvalue weighted by molar-refractivity contribution is -0.479. The number of nitrogens with zero attached hydrogens (tertiary/aromatic N) is 3. The standard InChI is InChI=1S/C27H31N3O7/c1-4-35-25(31)13-19-17-29(16-18-9-7-6-8-10-18)23-15-22-21(14-24(23)37-19)20(11-12-30(33)34)26(28(22)3)27(32)36-5-2/h6-10,14-15,19H,4-5,11-13,16-17H2,1-3H3. The van der Waals surface area contributed by atoms with Crippen LogP contribution < -0.4 is 9.64 Å². The Morgan fingerprint density at radius 3 is 2.54 bits per heavy atom. The predicted octanol–water partition coefficient (Wildman–Crippen LogP) is 3.90. The maximum absolute atomic E-state index is 12.9. The maximum atomic E-state index is 12.9. The fraction of sp³-hybridized carbons (Fsp3) is 0.407. The zero-order chi connectivity index (χ0) is 26.5. The lowest BCUT2D eigenvalue weighted by Gasteiger charge is -2.36. The summed E-state index contributed by atoms with van der Waals surface area (Å²) in [5.41, 5.74) is 3.48. The lowest BCUT2D eigenvalue weighted by atomic mass is 10.0. The van der Waals surface area contributed by atoms with Crippen molar-refractivity contribution < 1.29 is 28.7 Å². The molecule has 2 aromatic carbocycles. The molecule has 1 aliphatic heterocycles. The highest BCUT2D eigenvalue weighted by Gasteiger charge is 2.31. The van der Waals surface area contributed by atoms with Crippen molar-refractivity contribution in [2.45, 2.75) is 39.3 Å². The smallest absolute Gasteiger partial charge is 0.355 e. The van der Waals surface area contributed by atoms with Gasteiger partial charge in [0.15, 0.2) is 0 Å². The second kappa shape index (κ2) is 11.3. The van der Waals surface area contributed by atoms with E-state index in [1.165, 1.54) is 0 Å². The van der Waals surface area contributed by atoms with Gasteiger partial charge in [-0.05, 0) is 37.1 Å². The topological polar surface area (TPSA) is 113 Å². The summed E-state index contributed by atoms with van der Waals surface area (Å²) >= 11 is 0. The van der Waals surface area contributed by atoms with Gasteiger partial charge in [-0.1, -0.05) is 30.3 Å². The molecule has 0 spiro atoms. The number of esters is 2. The molecule has 10 nitrogen and oxygen atoms in total. The number of nitro groups is 1. The van der Waals surface area contributed by atoms with Crippen LogP contribution in [0.25, 0.3) is 10.9 Å². The summed E-state index contributed by atoms with van der Waals surface area (Å²) in [5.74, 6) is -0.320. The van der Waals surface area contributed by atoms with Crippen molar-refractivity contribution in [1.82, 2.24) is 4.57 Å². The molecule has 0 N–H and O–H groups in total. The number of hydrogen-bond donors (Lipinski definition) is 0. The number of fused-ring (bicyclic) bond motifs is 2. The molecule has 0 radical (unpaired) electrons. The van der Waals surface area contributed by atoms with Gasteiger partial charge in [0.25, 0.3) is 0 Å². The van der Waals surface area contributed by atoms with Gasteiger partial charge >= 0.3 is 11.9 Å². The van der Waals surface area contributed by atoms with E-state index in [1.807, 2.05) is 42.5 Å². The van der Waals surface area contributed by atoms with E-state index in [-0.39, 0.29) is 38.6 Å². The Labute approximate surface area is 214 Å². The maximum Gasteiger partial charge on any atom is 0.355 e. The fourth-order valence-corrected chi connectivity index (χ4v) is 4.81. The van der Waals surface area contributed by atoms with Gasteiger partial charge in [-0.2, -0.15) is 0 Å². The summed E-state index contributed by atoms with van der Waals surface area (Å²) < 4.78 is 18.4. The lowest BCUT2D eigenvalue weighted by Crippen LogP contribution is -2.41. The first-order valence-corrected chi connectivity index (χ1v) is 12.4. The van der Waals surface area contributed by atoms with Crippen molar-refractivity contribution in [2.24, 2.45) is 7.05 Å². The molecule has 1 atom stereocenters. The molecule has 0 amide bonds. The van der Waals surface area contributed by atoms with E-state index in [9.17, 15) is 19.7 Å². The molecular weight excluding hydrogens is 478 g/mol. The summed E-state index contributed by atoms with van der Waals surface area (Å²) in [7, 11) is 1.76. The van der Waals surface area contributed by atoms with Gasteiger partial charge in [0.1, 0.15) is 17.5 Å². The van der Waals surface area contributed by atoms with Gasteiger partial charge in [0, 0.05) is 30.3 Å². The van der Waals surface area contributed by atoms with Crippen LogP contribution >= 0.6 is 0 Å². The molecular formula is C27H31N3O7. The van der Waals surface area contributed by atoms with Gasteiger partial charge in [-0.25, -0.2) is 4.79 Å². The molecule has 0 saturated heterocycles. The minimum Gasteiger partial charge on any atom is -0.486 e. The van der Waals surface area contributed by atoms with Crippen LogP contribution in [0.1, 0.15) is 41.9 Å². The van der Waals surface area contributed by atoms with E-state index < -0.39 is 17.0 Å². The molecule has 0 saturated carbocycles. The van der Waals surface area contributed by atoms with Gasteiger partial charge in [-0.15, -0.1) is 0 Å². The summed E-state index contributed by atoms with van der Waals surface area (Å²) in [6.45, 7) is 4.69. The first-order chi connectivity index (χ1) is 17.8. The highest BCUT2D eigenvalue weighted by molar-refractivity contribution is 6.01. The van der Waals surface area contributed by atoms with Gasteiger partial charge in [0.2, 0.25) is 6.54 Å². The SMILES string of the molecule is CCOC(=O)CC1CN(Cc2ccccc2)c2cc3c(cc2O1)c(CC[N+](=O)[O-])c(C(=O)OCC)n3C. The van der Waals surface area contributed by atoms with Crippen molar-refractivity contribution in [3.63, 3.8) is 0 Å². The first kappa shape index (κ1) is 26.0. The second-order valence-electron chi connectivity index (χ2n) is 8.87. The summed E-state index contributed by atoms with van der Waals surface area (Å²) in [4.78, 5) is 38.0. The third-order valence-electron chi connectivity index (χ3n) is 6.37. The molecule has 0 aliphatic carbocycles. The van der Waals surface area contributed by atoms with Crippen LogP contribution in [0.3, 0.4) is 0 Å². The molecule has 0 bridgehead atoms. The molecule has 3 aromatic rings. The number of anilines is 1. The van der Waals surface area contributed by atoms with Gasteiger partial charge < -0.3 is 23.7 Å². The van der Waals surface area contributed by atoms with Crippen LogP contribution in [-0.2, 0) is 34.3 Å². The van der Waals surface area contributed by atoms with Gasteiger partial charge in [0.05, 0.1) is 37.4 Å². The van der Waals surface area contributed by atoms with Crippen LogP contribution in [0.2, 0.25) is 0 Å². The number of carbonyl (C=O) groups is 2. The molecule has 37 heavy (non-hydrogen) atoms. The highest BCUT2D eigenvalue weighted by Crippen LogP contribution is 2.41. The van der Waals surface area contributed by atoms with E-state index in [0.717, 1.165) is 16.8 Å². The first-order valence-electron chi connectivity index (χ1n) is 12.4. The Morgan fingerprint density at radius 1 is 1.14 bits per heavy atom. The fourth-order valence-electron chi connectivity index (χ4n) is 4.81. The Hall–Kier alpha value is -4.08. The predicted molar refractivity (Wildman–Crippen MR) is 138 cm³/mol. The molecule has 1 aliphatic rings. The zero-order valence-electron chi connectivity index (χ0n) is 21.3. The average molecular weight is 510 g/mol. The van der Waals surface area contributed by atoms with Crippen LogP contribution in [0, 0.1) is 10.1 Å². The van der Waals surface area contributed by atoms with Crippen LogP contribution in [0.15, 0.2) is 42.5 Å². The molecule has 1 aromatic heterocycles. The Morgan fingerprint density at radius 2 is 1.86 bits per heavy atom. The summed E-state index contributed by atoms with van der Waals surface area (Å²) in [6, 6.07) is 13.7. The van der Waals surface area contributed by atoms with E-state index in [1.54, 1.807) is 25.5 Å². The average Bonchev–Trinajstić information content (AvgIpc) is 3.13. The van der Waals surface area contributed by atoms with E-state index in [4.69, 9.17) is 14.2 Å². The number of ether oxygens (including phenoxy) is 3. The minimum absolute atomic E-state index is 0.0667. The highest BCUT2D eigenvalue weighted by atomic mass is 16.6. The normalized spacial score (nSPS) is 14.7. The minimum atomic E-state index is -0.528. The third kappa shape index (κ3) is 5.68. The number of aromatic nitrogens is 1. The van der Waals surface area contributed by atoms with Crippen molar-refractivity contribution >= 4 is 28.5 Å². The van der Waals surface area contributed by atoms with Crippen LogP contribution in [0.5, 0.6) is 5.75 Å². The number of rotatable bonds is 10. The van der Waals surface area contributed by atoms with Gasteiger partial charge in [-0.3, -0.25) is 14.9 Å². The molecule has 196 valence electrons. The summed E-state index contributed by atoms with van der Waals surface area (Å²) in [6.07, 6.45) is -0.284. The Kier molecular flexibility index (Phi) is 7.95. The van der Waals surface area contributed by atoms with Crippen molar-refractivity contribution in [2.75, 3.05) is 31.2 Å². The number of benzene rings is 2. The van der Waals surface area contributed by atoms with Crippen molar-refractivity contribution in [3.8, 4) is 5.75 Å². The third-order valence-corrected chi connectivity index (χ3v) is 6.37. The van der Waals surface area contributed by atoms with Crippen LogP contribution in [0.4, 0.5) is 5.69 Å². The van der Waals surface area contributed by atoms with Crippen molar-refractivity contribution in [1.29, 1.82) is 0 Å². The Balaban J connectivity index is 1.82. The largest absolute Gasteiger partial charge is 0.486 e. The van der Waals surface area contributed by atoms with E-state index in [0.29, 0.717) is 35.5 Å². The van der Waals surface area contributed by atoms with E-state index >= 15 is 0 Å². The van der Waals surface area contributed by atoms with Crippen molar-refractivity contribution in [3.05, 3.63) is 69.4 Å². The Bertz CT molecular complexity index is 1300. The van der Waals surface area contributed by atoms with E-state index in [2.05, 4.69) is 4.90 Å². The molecule has 0 fully saturated rings. The molecule has 4 rings (SSSR count). The number of aryl methyl sites for hydroxylation is 1. The molecule has 10 heteroatoms. The number of hydrogen-bond acceptors (Lipinski definition) is 8. The monoisotopic (exact) mass is 509 g/mol. The number of carbonyl (C=O) groups excluding carboxylic acids is 2. The van der Waals surface area contributed by atoms with Crippen LogP contribution in [-0.4, -0.2) is 53.8 Å². The molecule has 2 heterocycles. The molecule has 1 unspecified atom stereocenters. The second-order valence-corrected chi connectivity index (χ2v) is 8.87.